The zero-order valence-electron chi connectivity index (χ0n) is 10.4. The summed E-state index contributed by atoms with van der Waals surface area (Å²) in [4.78, 5) is 23.8. The van der Waals surface area contributed by atoms with Gasteiger partial charge in [-0.2, -0.15) is 0 Å². The van der Waals surface area contributed by atoms with E-state index >= 15 is 0 Å². The second-order valence-electron chi connectivity index (χ2n) is 3.57. The Hall–Kier alpha value is -1.18. The van der Waals surface area contributed by atoms with Gasteiger partial charge in [0.15, 0.2) is 0 Å². The summed E-state index contributed by atoms with van der Waals surface area (Å²) < 4.78 is 9.31. The highest BCUT2D eigenvalue weighted by molar-refractivity contribution is 5.92. The minimum atomic E-state index is -0.761. The van der Waals surface area contributed by atoms with Crippen molar-refractivity contribution < 1.29 is 24.2 Å². The van der Waals surface area contributed by atoms with Crippen LogP contribution in [0.1, 0.15) is 6.92 Å². The molecule has 0 aromatic heterocycles. The highest BCUT2D eigenvalue weighted by Crippen LogP contribution is 1.90. The van der Waals surface area contributed by atoms with Gasteiger partial charge in [0.05, 0.1) is 25.9 Å². The number of imide groups is 1. The maximum atomic E-state index is 11.3. The number of methoxy groups -OCH3 is 1. The fourth-order valence-corrected chi connectivity index (χ4v) is 1.24. The van der Waals surface area contributed by atoms with Gasteiger partial charge in [0.1, 0.15) is 0 Å². The number of hydrogen-bond donors (Lipinski definition) is 2. The molecule has 0 aliphatic carbocycles. The molecule has 0 aliphatic heterocycles. The van der Waals surface area contributed by atoms with Gasteiger partial charge in [0.2, 0.25) is 5.91 Å². The monoisotopic (exact) mass is 248 g/mol. The van der Waals surface area contributed by atoms with E-state index in [1.807, 2.05) is 0 Å². The van der Waals surface area contributed by atoms with Crippen molar-refractivity contribution in [3.63, 3.8) is 0 Å². The predicted molar refractivity (Wildman–Crippen MR) is 60.5 cm³/mol. The van der Waals surface area contributed by atoms with Crippen LogP contribution >= 0.6 is 0 Å². The molecule has 0 radical (unpaired) electrons. The Kier molecular flexibility index (Phi) is 8.29. The van der Waals surface area contributed by atoms with Crippen LogP contribution in [0.25, 0.3) is 0 Å². The molecule has 0 aromatic rings. The van der Waals surface area contributed by atoms with Crippen LogP contribution < -0.4 is 5.32 Å². The number of aliphatic hydroxyl groups excluding tert-OH is 1. The summed E-state index contributed by atoms with van der Waals surface area (Å²) in [6, 6.07) is 0. The standard InChI is InChI=1S/C10H20N2O5/c1-4-17-10(15)11-9(14)6-12(2)5-8(13)7-16-3/h8,13H,4-7H2,1-3H3,(H,11,14,15). The van der Waals surface area contributed by atoms with Crippen LogP contribution in [-0.2, 0) is 14.3 Å². The Morgan fingerprint density at radius 3 is 2.65 bits per heavy atom. The lowest BCUT2D eigenvalue weighted by Gasteiger charge is -2.19. The Balaban J connectivity index is 3.83. The molecule has 1 unspecified atom stereocenters. The maximum Gasteiger partial charge on any atom is 0.413 e. The highest BCUT2D eigenvalue weighted by atomic mass is 16.5. The van der Waals surface area contributed by atoms with Gasteiger partial charge in [-0.1, -0.05) is 0 Å². The van der Waals surface area contributed by atoms with Crippen molar-refractivity contribution in [2.75, 3.05) is 40.5 Å². The summed E-state index contributed by atoms with van der Waals surface area (Å²) in [7, 11) is 3.14. The van der Waals surface area contributed by atoms with Crippen LogP contribution in [0.15, 0.2) is 0 Å². The maximum absolute atomic E-state index is 11.3. The summed E-state index contributed by atoms with van der Waals surface area (Å²) in [6.45, 7) is 2.34. The molecule has 0 fully saturated rings. The average molecular weight is 248 g/mol. The Labute approximate surface area is 101 Å². The number of carbonyl (C=O) groups is 2. The Bertz CT molecular complexity index is 247. The smallest absolute Gasteiger partial charge is 0.413 e. The quantitative estimate of drug-likeness (QED) is 0.613. The first-order valence-electron chi connectivity index (χ1n) is 5.31. The number of amides is 2. The number of aliphatic hydroxyl groups is 1. The minimum Gasteiger partial charge on any atom is -0.450 e. The summed E-state index contributed by atoms with van der Waals surface area (Å²) in [5.41, 5.74) is 0. The summed E-state index contributed by atoms with van der Waals surface area (Å²) in [5, 5.41) is 11.5. The van der Waals surface area contributed by atoms with Crippen molar-refractivity contribution in [1.29, 1.82) is 0 Å². The van der Waals surface area contributed by atoms with Crippen LogP contribution in [0.3, 0.4) is 0 Å². The first-order chi connectivity index (χ1) is 7.99. The van der Waals surface area contributed by atoms with E-state index in [2.05, 4.69) is 10.1 Å². The fourth-order valence-electron chi connectivity index (χ4n) is 1.24. The van der Waals surface area contributed by atoms with E-state index in [1.54, 1.807) is 18.9 Å². The molecule has 0 saturated carbocycles. The van der Waals surface area contributed by atoms with Crippen LogP contribution in [0, 0.1) is 0 Å². The van der Waals surface area contributed by atoms with Gasteiger partial charge in [-0.05, 0) is 14.0 Å². The number of ether oxygens (including phenoxy) is 2. The molecule has 0 heterocycles. The van der Waals surface area contributed by atoms with Crippen molar-refractivity contribution >= 4 is 12.0 Å². The zero-order chi connectivity index (χ0) is 13.3. The molecule has 17 heavy (non-hydrogen) atoms. The molecule has 2 N–H and O–H groups in total. The molecule has 0 aromatic carbocycles. The number of carbonyl (C=O) groups excluding carboxylic acids is 2. The molecule has 1 atom stereocenters. The predicted octanol–water partition coefficient (Wildman–Crippen LogP) is -0.802. The first-order valence-corrected chi connectivity index (χ1v) is 5.31. The molecule has 0 saturated heterocycles. The summed E-state index contributed by atoms with van der Waals surface area (Å²) >= 11 is 0. The lowest BCUT2D eigenvalue weighted by molar-refractivity contribution is -0.121. The van der Waals surface area contributed by atoms with E-state index in [1.165, 1.54) is 7.11 Å². The summed E-state index contributed by atoms with van der Waals surface area (Å²) in [6.07, 6.45) is -1.43. The van der Waals surface area contributed by atoms with Crippen LogP contribution in [0.5, 0.6) is 0 Å². The number of alkyl carbamates (subject to hydrolysis) is 1. The van der Waals surface area contributed by atoms with Gasteiger partial charge >= 0.3 is 6.09 Å². The summed E-state index contributed by atoms with van der Waals surface area (Å²) in [5.74, 6) is -0.476. The third-order valence-corrected chi connectivity index (χ3v) is 1.81. The Morgan fingerprint density at radius 2 is 2.12 bits per heavy atom. The van der Waals surface area contributed by atoms with Gasteiger partial charge in [-0.25, -0.2) is 4.79 Å². The van der Waals surface area contributed by atoms with E-state index in [0.29, 0.717) is 0 Å². The molecule has 0 rings (SSSR count). The lowest BCUT2D eigenvalue weighted by atomic mass is 10.3. The van der Waals surface area contributed by atoms with Gasteiger partial charge in [-0.15, -0.1) is 0 Å². The molecular weight excluding hydrogens is 228 g/mol. The van der Waals surface area contributed by atoms with Crippen LogP contribution in [-0.4, -0.2) is 68.6 Å². The fraction of sp³-hybridized carbons (Fsp3) is 0.800. The molecule has 0 bridgehead atoms. The molecule has 7 nitrogen and oxygen atoms in total. The largest absolute Gasteiger partial charge is 0.450 e. The first kappa shape index (κ1) is 15.8. The molecule has 0 aliphatic rings. The normalized spacial score (nSPS) is 12.3. The highest BCUT2D eigenvalue weighted by Gasteiger charge is 2.13. The van der Waals surface area contributed by atoms with Crippen LogP contribution in [0.4, 0.5) is 4.79 Å². The van der Waals surface area contributed by atoms with Gasteiger partial charge in [-0.3, -0.25) is 15.0 Å². The third kappa shape index (κ3) is 8.61. The van der Waals surface area contributed by atoms with Gasteiger partial charge in [0.25, 0.3) is 0 Å². The van der Waals surface area contributed by atoms with E-state index < -0.39 is 18.1 Å². The van der Waals surface area contributed by atoms with Gasteiger partial charge < -0.3 is 14.6 Å². The van der Waals surface area contributed by atoms with E-state index in [9.17, 15) is 14.7 Å². The molecule has 7 heteroatoms. The Morgan fingerprint density at radius 1 is 1.47 bits per heavy atom. The van der Waals surface area contributed by atoms with Gasteiger partial charge in [0, 0.05) is 13.7 Å². The number of rotatable bonds is 7. The third-order valence-electron chi connectivity index (χ3n) is 1.81. The van der Waals surface area contributed by atoms with Crippen molar-refractivity contribution in [1.82, 2.24) is 10.2 Å². The molecular formula is C10H20N2O5. The number of hydrogen-bond acceptors (Lipinski definition) is 6. The lowest BCUT2D eigenvalue weighted by Crippen LogP contribution is -2.41. The number of nitrogens with one attached hydrogen (secondary N) is 1. The van der Waals surface area contributed by atoms with E-state index in [4.69, 9.17) is 4.74 Å². The minimum absolute atomic E-state index is 0.000408. The van der Waals surface area contributed by atoms with E-state index in [0.717, 1.165) is 0 Å². The van der Waals surface area contributed by atoms with Crippen LogP contribution in [0.2, 0.25) is 0 Å². The molecule has 100 valence electrons. The van der Waals surface area contributed by atoms with Crippen molar-refractivity contribution in [2.45, 2.75) is 13.0 Å². The molecule has 2 amide bonds. The SMILES string of the molecule is CCOC(=O)NC(=O)CN(C)CC(O)COC. The number of likely N-dealkylation sites (N-methyl/N-ethyl adjacent to an activating group) is 1. The number of nitrogens with zero attached hydrogens (tertiary/aromatic N) is 1. The molecule has 0 spiro atoms. The second kappa shape index (κ2) is 8.91. The van der Waals surface area contributed by atoms with E-state index in [-0.39, 0.29) is 26.3 Å². The van der Waals surface area contributed by atoms with Crippen molar-refractivity contribution in [3.05, 3.63) is 0 Å². The topological polar surface area (TPSA) is 88.1 Å². The van der Waals surface area contributed by atoms with Crippen molar-refractivity contribution in [2.24, 2.45) is 0 Å². The van der Waals surface area contributed by atoms with Crippen molar-refractivity contribution in [3.8, 4) is 0 Å². The second-order valence-corrected chi connectivity index (χ2v) is 3.57. The zero-order valence-corrected chi connectivity index (χ0v) is 10.4. The average Bonchev–Trinajstić information content (AvgIpc) is 2.16.